The second kappa shape index (κ2) is 6.82. The molecule has 0 saturated heterocycles. The Kier molecular flexibility index (Phi) is 4.94. The lowest BCUT2D eigenvalue weighted by molar-refractivity contribution is 0.0528. The number of allylic oxidation sites excluding steroid dienone is 2. The fourth-order valence-electron chi connectivity index (χ4n) is 4.54. The molecular formula is C22H32O2. The molecule has 0 spiro atoms. The third-order valence-electron chi connectivity index (χ3n) is 5.80. The van der Waals surface area contributed by atoms with Crippen molar-refractivity contribution in [1.82, 2.24) is 0 Å². The van der Waals surface area contributed by atoms with Gasteiger partial charge in [0.25, 0.3) is 0 Å². The highest BCUT2D eigenvalue weighted by Crippen LogP contribution is 2.53. The number of ether oxygens (including phenoxy) is 1. The molecule has 2 atom stereocenters. The minimum atomic E-state index is -0.0939. The van der Waals surface area contributed by atoms with Crippen LogP contribution in [0.25, 0.3) is 0 Å². The lowest BCUT2D eigenvalue weighted by Gasteiger charge is -2.39. The van der Waals surface area contributed by atoms with Crippen LogP contribution in [0.2, 0.25) is 0 Å². The second-order valence-corrected chi connectivity index (χ2v) is 8.17. The van der Waals surface area contributed by atoms with E-state index in [0.717, 1.165) is 37.0 Å². The Morgan fingerprint density at radius 1 is 1.29 bits per heavy atom. The summed E-state index contributed by atoms with van der Waals surface area (Å²) in [7, 11) is 0. The summed E-state index contributed by atoms with van der Waals surface area (Å²) in [6, 6.07) is 4.18. The summed E-state index contributed by atoms with van der Waals surface area (Å²) in [6.07, 6.45) is 9.04. The van der Waals surface area contributed by atoms with E-state index in [4.69, 9.17) is 4.74 Å². The third-order valence-corrected chi connectivity index (χ3v) is 5.80. The van der Waals surface area contributed by atoms with Crippen molar-refractivity contribution in [3.8, 4) is 11.5 Å². The van der Waals surface area contributed by atoms with Crippen LogP contribution in [0.4, 0.5) is 0 Å². The molecule has 132 valence electrons. The van der Waals surface area contributed by atoms with E-state index in [2.05, 4.69) is 33.8 Å². The highest BCUT2D eigenvalue weighted by atomic mass is 16.5. The van der Waals surface area contributed by atoms with Crippen LogP contribution in [0.1, 0.15) is 89.7 Å². The Hall–Kier alpha value is -1.44. The molecule has 24 heavy (non-hydrogen) atoms. The normalized spacial score (nSPS) is 25.7. The Balaban J connectivity index is 2.02. The number of aryl methyl sites for hydroxylation is 1. The van der Waals surface area contributed by atoms with Crippen LogP contribution < -0.4 is 4.74 Å². The lowest BCUT2D eigenvalue weighted by Crippen LogP contribution is -2.37. The molecule has 1 saturated carbocycles. The van der Waals surface area contributed by atoms with E-state index in [0.29, 0.717) is 11.7 Å². The minimum absolute atomic E-state index is 0.0939. The van der Waals surface area contributed by atoms with Gasteiger partial charge in [-0.25, -0.2) is 0 Å². The van der Waals surface area contributed by atoms with Crippen molar-refractivity contribution in [2.24, 2.45) is 0 Å². The maximum Gasteiger partial charge on any atom is 0.127 e. The number of aromatic hydroxyl groups is 1. The van der Waals surface area contributed by atoms with Crippen LogP contribution in [0.15, 0.2) is 23.3 Å². The minimum Gasteiger partial charge on any atom is -0.507 e. The summed E-state index contributed by atoms with van der Waals surface area (Å²) in [4.78, 5) is 0. The van der Waals surface area contributed by atoms with Crippen molar-refractivity contribution >= 4 is 0 Å². The molecule has 2 heteroatoms. The van der Waals surface area contributed by atoms with Crippen LogP contribution in [0, 0.1) is 0 Å². The van der Waals surface area contributed by atoms with Gasteiger partial charge in [-0.15, -0.1) is 0 Å². The van der Waals surface area contributed by atoms with E-state index in [1.165, 1.54) is 42.4 Å². The monoisotopic (exact) mass is 328 g/mol. The predicted molar refractivity (Wildman–Crippen MR) is 100.0 cm³/mol. The van der Waals surface area contributed by atoms with E-state index in [1.807, 2.05) is 6.07 Å². The van der Waals surface area contributed by atoms with E-state index in [9.17, 15) is 5.11 Å². The van der Waals surface area contributed by atoms with Crippen LogP contribution in [0.3, 0.4) is 0 Å². The van der Waals surface area contributed by atoms with Gasteiger partial charge in [-0.1, -0.05) is 30.9 Å². The number of rotatable bonds is 4. The van der Waals surface area contributed by atoms with Gasteiger partial charge in [0.05, 0.1) is 0 Å². The van der Waals surface area contributed by atoms with Gasteiger partial charge in [-0.05, 0) is 77.0 Å². The molecule has 1 fully saturated rings. The fourth-order valence-corrected chi connectivity index (χ4v) is 4.54. The van der Waals surface area contributed by atoms with E-state index < -0.39 is 0 Å². The molecule has 1 aromatic carbocycles. The zero-order chi connectivity index (χ0) is 17.3. The first-order valence-electron chi connectivity index (χ1n) is 9.64. The van der Waals surface area contributed by atoms with Gasteiger partial charge in [0.1, 0.15) is 17.1 Å². The van der Waals surface area contributed by atoms with Crippen LogP contribution in [0.5, 0.6) is 11.5 Å². The molecule has 2 aliphatic rings. The second-order valence-electron chi connectivity index (χ2n) is 8.17. The number of phenolic OH excluding ortho intramolecular Hbond substituents is 1. The summed E-state index contributed by atoms with van der Waals surface area (Å²) in [5.41, 5.74) is 5.06. The quantitative estimate of drug-likeness (QED) is 0.521. The number of unbranched alkanes of at least 4 members (excludes halogenated alkanes) is 2. The fraction of sp³-hybridized carbons (Fsp3) is 0.636. The van der Waals surface area contributed by atoms with Gasteiger partial charge in [0, 0.05) is 11.5 Å². The predicted octanol–water partition coefficient (Wildman–Crippen LogP) is 6.27. The standard InChI is InChI=1S/C22H32O2/c1-5-6-7-9-16-12-19(23)21-18-14-22(4,24-20(21)13-16)11-8-10-17(18)15(2)3/h12-13,18,23H,5-11,14H2,1-4H3. The van der Waals surface area contributed by atoms with Crippen molar-refractivity contribution in [1.29, 1.82) is 0 Å². The Morgan fingerprint density at radius 3 is 2.79 bits per heavy atom. The van der Waals surface area contributed by atoms with Gasteiger partial charge in [0.15, 0.2) is 0 Å². The van der Waals surface area contributed by atoms with Crippen molar-refractivity contribution in [2.75, 3.05) is 0 Å². The molecule has 1 aliphatic heterocycles. The van der Waals surface area contributed by atoms with E-state index in [1.54, 1.807) is 0 Å². The molecule has 1 aromatic rings. The molecule has 2 unspecified atom stereocenters. The van der Waals surface area contributed by atoms with E-state index >= 15 is 0 Å². The maximum absolute atomic E-state index is 10.8. The summed E-state index contributed by atoms with van der Waals surface area (Å²) in [6.45, 7) is 8.89. The first-order chi connectivity index (χ1) is 11.4. The Morgan fingerprint density at radius 2 is 2.08 bits per heavy atom. The van der Waals surface area contributed by atoms with Crippen LogP contribution in [-0.2, 0) is 6.42 Å². The zero-order valence-corrected chi connectivity index (χ0v) is 15.7. The van der Waals surface area contributed by atoms with Gasteiger partial charge in [-0.3, -0.25) is 0 Å². The SMILES string of the molecule is CCCCCc1cc(O)c2c(c1)OC1(C)CCCC(=C(C)C)C2C1. The number of benzene rings is 1. The van der Waals surface area contributed by atoms with Crippen LogP contribution in [-0.4, -0.2) is 10.7 Å². The van der Waals surface area contributed by atoms with Crippen molar-refractivity contribution in [3.05, 3.63) is 34.4 Å². The topological polar surface area (TPSA) is 29.5 Å². The number of phenols is 1. The molecule has 2 bridgehead atoms. The maximum atomic E-state index is 10.8. The Labute approximate surface area is 146 Å². The zero-order valence-electron chi connectivity index (χ0n) is 15.7. The largest absolute Gasteiger partial charge is 0.507 e. The number of hydrogen-bond donors (Lipinski definition) is 1. The van der Waals surface area contributed by atoms with Crippen molar-refractivity contribution in [2.45, 2.75) is 90.6 Å². The van der Waals surface area contributed by atoms with Crippen LogP contribution >= 0.6 is 0 Å². The lowest BCUT2D eigenvalue weighted by atomic mass is 9.78. The first-order valence-corrected chi connectivity index (χ1v) is 9.64. The summed E-state index contributed by atoms with van der Waals surface area (Å²) in [5, 5.41) is 10.8. The summed E-state index contributed by atoms with van der Waals surface area (Å²) in [5.74, 6) is 1.68. The van der Waals surface area contributed by atoms with Gasteiger partial charge >= 0.3 is 0 Å². The average Bonchev–Trinajstić information content (AvgIpc) is 2.63. The first kappa shape index (κ1) is 17.4. The molecule has 0 aromatic heterocycles. The van der Waals surface area contributed by atoms with Crippen molar-refractivity contribution < 1.29 is 9.84 Å². The molecule has 0 amide bonds. The summed E-state index contributed by atoms with van der Waals surface area (Å²) >= 11 is 0. The average molecular weight is 328 g/mol. The third kappa shape index (κ3) is 3.34. The summed E-state index contributed by atoms with van der Waals surface area (Å²) < 4.78 is 6.44. The molecule has 3 rings (SSSR count). The number of fused-ring (bicyclic) bond motifs is 4. The molecule has 1 N–H and O–H groups in total. The van der Waals surface area contributed by atoms with Gasteiger partial charge in [-0.2, -0.15) is 0 Å². The van der Waals surface area contributed by atoms with Crippen molar-refractivity contribution in [3.63, 3.8) is 0 Å². The molecule has 1 heterocycles. The molecule has 1 aliphatic carbocycles. The highest BCUT2D eigenvalue weighted by Gasteiger charge is 2.42. The number of hydrogen-bond acceptors (Lipinski definition) is 2. The van der Waals surface area contributed by atoms with E-state index in [-0.39, 0.29) is 5.60 Å². The Bertz CT molecular complexity index is 640. The smallest absolute Gasteiger partial charge is 0.127 e. The highest BCUT2D eigenvalue weighted by molar-refractivity contribution is 5.54. The molecular weight excluding hydrogens is 296 g/mol. The molecule has 0 radical (unpaired) electrons. The van der Waals surface area contributed by atoms with Gasteiger partial charge in [0.2, 0.25) is 0 Å². The molecule has 2 nitrogen and oxygen atoms in total. The van der Waals surface area contributed by atoms with Gasteiger partial charge < -0.3 is 9.84 Å².